The predicted octanol–water partition coefficient (Wildman–Crippen LogP) is 2.88. The summed E-state index contributed by atoms with van der Waals surface area (Å²) in [5, 5.41) is 0. The van der Waals surface area contributed by atoms with Crippen LogP contribution in [0, 0.1) is 5.92 Å². The van der Waals surface area contributed by atoms with Crippen LogP contribution in [0.3, 0.4) is 0 Å². The van der Waals surface area contributed by atoms with E-state index in [1.807, 2.05) is 13.8 Å². The van der Waals surface area contributed by atoms with Gasteiger partial charge in [0.05, 0.1) is 0 Å². The number of thiol groups is 1. The van der Waals surface area contributed by atoms with Gasteiger partial charge in [0.2, 0.25) is 0 Å². The van der Waals surface area contributed by atoms with Crippen molar-refractivity contribution in [2.75, 3.05) is 19.5 Å². The fourth-order valence-electron chi connectivity index (χ4n) is 0.549. The van der Waals surface area contributed by atoms with E-state index in [1.54, 1.807) is 0 Å². The molecule has 0 radical (unpaired) electrons. The van der Waals surface area contributed by atoms with Gasteiger partial charge in [0.15, 0.2) is 0 Å². The third-order valence-electron chi connectivity index (χ3n) is 1.33. The molecule has 0 aromatic heterocycles. The molecule has 0 aliphatic rings. The Morgan fingerprint density at radius 1 is 1.27 bits per heavy atom. The second kappa shape index (κ2) is 10.3. The number of hydrogen-bond donors (Lipinski definition) is 1. The minimum Gasteiger partial charge on any atom is -0.297 e. The van der Waals surface area contributed by atoms with Gasteiger partial charge in [-0.2, -0.15) is 12.6 Å². The lowest BCUT2D eigenvalue weighted by atomic mass is 10.1. The molecular formula is C9H23NS. The molecule has 0 atom stereocenters. The number of rotatable bonds is 4. The Balaban J connectivity index is 0. The Morgan fingerprint density at radius 2 is 1.73 bits per heavy atom. The lowest BCUT2D eigenvalue weighted by Crippen LogP contribution is -2.18. The van der Waals surface area contributed by atoms with E-state index in [0.717, 1.165) is 11.8 Å². The number of hydrogen-bond acceptors (Lipinski definition) is 2. The van der Waals surface area contributed by atoms with E-state index in [2.05, 4.69) is 38.4 Å². The molecule has 0 saturated heterocycles. The lowest BCUT2D eigenvalue weighted by molar-refractivity contribution is 0.358. The molecule has 0 unspecified atom stereocenters. The van der Waals surface area contributed by atoms with Crippen LogP contribution >= 0.6 is 12.6 Å². The fourth-order valence-corrected chi connectivity index (χ4v) is 0.691. The van der Waals surface area contributed by atoms with Crippen molar-refractivity contribution in [1.29, 1.82) is 0 Å². The zero-order valence-electron chi connectivity index (χ0n) is 8.59. The average Bonchev–Trinajstić information content (AvgIpc) is 2.04. The summed E-state index contributed by atoms with van der Waals surface area (Å²) < 4.78 is 0. The van der Waals surface area contributed by atoms with E-state index in [-0.39, 0.29) is 0 Å². The maximum absolute atomic E-state index is 4.14. The first-order valence-electron chi connectivity index (χ1n) is 4.46. The predicted molar refractivity (Wildman–Crippen MR) is 57.3 cm³/mol. The van der Waals surface area contributed by atoms with E-state index in [1.165, 1.54) is 13.0 Å². The summed E-state index contributed by atoms with van der Waals surface area (Å²) in [6.07, 6.45) is 1.27. The molecule has 1 nitrogen and oxygen atoms in total. The molecule has 0 spiro atoms. The van der Waals surface area contributed by atoms with Gasteiger partial charge in [-0.1, -0.05) is 27.7 Å². The SMILES string of the molecule is CC.CC(C)CCN(C)CS. The largest absolute Gasteiger partial charge is 0.297 e. The molecule has 0 fully saturated rings. The van der Waals surface area contributed by atoms with Crippen LogP contribution in [-0.2, 0) is 0 Å². The smallest absolute Gasteiger partial charge is 0.0411 e. The maximum atomic E-state index is 4.14. The van der Waals surface area contributed by atoms with E-state index in [4.69, 9.17) is 0 Å². The van der Waals surface area contributed by atoms with Gasteiger partial charge in [0.25, 0.3) is 0 Å². The fraction of sp³-hybridized carbons (Fsp3) is 1.00. The van der Waals surface area contributed by atoms with Gasteiger partial charge in [0, 0.05) is 5.88 Å². The molecule has 0 amide bonds. The minimum atomic E-state index is 0.812. The molecule has 0 bridgehead atoms. The zero-order valence-corrected chi connectivity index (χ0v) is 9.49. The van der Waals surface area contributed by atoms with Crippen LogP contribution in [-0.4, -0.2) is 24.4 Å². The first kappa shape index (κ1) is 13.9. The first-order valence-corrected chi connectivity index (χ1v) is 5.09. The highest BCUT2D eigenvalue weighted by Crippen LogP contribution is 2.00. The van der Waals surface area contributed by atoms with Crippen molar-refractivity contribution >= 4 is 12.6 Å². The highest BCUT2D eigenvalue weighted by atomic mass is 32.1. The molecule has 0 aliphatic carbocycles. The maximum Gasteiger partial charge on any atom is 0.0411 e. The van der Waals surface area contributed by atoms with Crippen LogP contribution in [0.25, 0.3) is 0 Å². The van der Waals surface area contributed by atoms with Crippen molar-refractivity contribution in [3.63, 3.8) is 0 Å². The van der Waals surface area contributed by atoms with Crippen LogP contribution in [0.4, 0.5) is 0 Å². The Morgan fingerprint density at radius 3 is 2.00 bits per heavy atom. The summed E-state index contributed by atoms with van der Waals surface area (Å²) in [6, 6.07) is 0. The van der Waals surface area contributed by atoms with Gasteiger partial charge in [-0.25, -0.2) is 0 Å². The molecule has 0 N–H and O–H groups in total. The topological polar surface area (TPSA) is 3.24 Å². The van der Waals surface area contributed by atoms with Gasteiger partial charge >= 0.3 is 0 Å². The van der Waals surface area contributed by atoms with Crippen LogP contribution < -0.4 is 0 Å². The van der Waals surface area contributed by atoms with Crippen molar-refractivity contribution in [3.8, 4) is 0 Å². The molecule has 11 heavy (non-hydrogen) atoms. The van der Waals surface area contributed by atoms with Gasteiger partial charge in [-0.05, 0) is 25.9 Å². The van der Waals surface area contributed by atoms with Crippen LogP contribution in [0.2, 0.25) is 0 Å². The Kier molecular flexibility index (Phi) is 13.0. The van der Waals surface area contributed by atoms with Crippen molar-refractivity contribution in [3.05, 3.63) is 0 Å². The van der Waals surface area contributed by atoms with E-state index in [9.17, 15) is 0 Å². The standard InChI is InChI=1S/C7H17NS.C2H6/c1-7(2)4-5-8(3)6-9;1-2/h7,9H,4-6H2,1-3H3;1-2H3. The van der Waals surface area contributed by atoms with Gasteiger partial charge < -0.3 is 0 Å². The molecule has 0 aromatic carbocycles. The lowest BCUT2D eigenvalue weighted by Gasteiger charge is -2.13. The Hall–Kier alpha value is 0.310. The van der Waals surface area contributed by atoms with E-state index >= 15 is 0 Å². The van der Waals surface area contributed by atoms with Crippen molar-refractivity contribution < 1.29 is 0 Å². The third kappa shape index (κ3) is 13.3. The van der Waals surface area contributed by atoms with Crippen LogP contribution in [0.5, 0.6) is 0 Å². The monoisotopic (exact) mass is 177 g/mol. The second-order valence-corrected chi connectivity index (χ2v) is 3.19. The highest BCUT2D eigenvalue weighted by Gasteiger charge is 1.96. The second-order valence-electron chi connectivity index (χ2n) is 2.90. The summed E-state index contributed by atoms with van der Waals surface area (Å²) in [5.41, 5.74) is 0. The summed E-state index contributed by atoms with van der Waals surface area (Å²) in [4.78, 5) is 2.21. The molecule has 0 aliphatic heterocycles. The zero-order chi connectivity index (χ0) is 9.28. The van der Waals surface area contributed by atoms with Gasteiger partial charge in [-0.15, -0.1) is 0 Å². The average molecular weight is 177 g/mol. The highest BCUT2D eigenvalue weighted by molar-refractivity contribution is 7.80. The summed E-state index contributed by atoms with van der Waals surface area (Å²) in [7, 11) is 2.09. The normalized spacial score (nSPS) is 9.82. The minimum absolute atomic E-state index is 0.812. The van der Waals surface area contributed by atoms with Gasteiger partial charge in [-0.3, -0.25) is 4.90 Å². The Bertz CT molecular complexity index is 64.6. The van der Waals surface area contributed by atoms with Crippen LogP contribution in [0.15, 0.2) is 0 Å². The van der Waals surface area contributed by atoms with Crippen LogP contribution in [0.1, 0.15) is 34.1 Å². The summed E-state index contributed by atoms with van der Waals surface area (Å²) in [5.74, 6) is 1.68. The quantitative estimate of drug-likeness (QED) is 0.510. The summed E-state index contributed by atoms with van der Waals surface area (Å²) >= 11 is 4.14. The molecule has 0 rings (SSSR count). The van der Waals surface area contributed by atoms with Crippen molar-refractivity contribution in [2.24, 2.45) is 5.92 Å². The summed E-state index contributed by atoms with van der Waals surface area (Å²) in [6.45, 7) is 9.65. The molecule has 0 aromatic rings. The molecule has 2 heteroatoms. The molecule has 70 valence electrons. The Labute approximate surface area is 77.6 Å². The first-order chi connectivity index (χ1) is 5.16. The van der Waals surface area contributed by atoms with E-state index in [0.29, 0.717) is 0 Å². The van der Waals surface area contributed by atoms with Gasteiger partial charge in [0.1, 0.15) is 0 Å². The van der Waals surface area contributed by atoms with E-state index < -0.39 is 0 Å². The number of nitrogens with zero attached hydrogens (tertiary/aromatic N) is 1. The molecule has 0 saturated carbocycles. The molecular weight excluding hydrogens is 154 g/mol. The van der Waals surface area contributed by atoms with Crippen molar-refractivity contribution in [2.45, 2.75) is 34.1 Å². The molecule has 0 heterocycles. The van der Waals surface area contributed by atoms with Crippen molar-refractivity contribution in [1.82, 2.24) is 4.90 Å². The third-order valence-corrected chi connectivity index (χ3v) is 1.81.